The normalized spacial score (nSPS) is 23.0. The lowest BCUT2D eigenvalue weighted by Crippen LogP contribution is -2.46. The molecule has 4 heteroatoms. The summed E-state index contributed by atoms with van der Waals surface area (Å²) in [6, 6.07) is 14.8. The molecule has 3 aliphatic heterocycles. The van der Waals surface area contributed by atoms with Crippen LogP contribution in [0.3, 0.4) is 0 Å². The Morgan fingerprint density at radius 2 is 1.86 bits per heavy atom. The average Bonchev–Trinajstić information content (AvgIpc) is 3.11. The van der Waals surface area contributed by atoms with Crippen LogP contribution >= 0.6 is 0 Å². The highest BCUT2D eigenvalue weighted by Gasteiger charge is 2.37. The summed E-state index contributed by atoms with van der Waals surface area (Å²) in [4.78, 5) is 8.41. The molecule has 3 aliphatic rings. The fourth-order valence-electron chi connectivity index (χ4n) is 5.24. The molecule has 3 aromatic rings. The van der Waals surface area contributed by atoms with Crippen LogP contribution in [0.25, 0.3) is 21.8 Å². The van der Waals surface area contributed by atoms with Gasteiger partial charge in [0.15, 0.2) is 0 Å². The molecule has 1 unspecified atom stereocenters. The molecule has 0 aliphatic carbocycles. The molecule has 6 rings (SSSR count). The lowest BCUT2D eigenvalue weighted by molar-refractivity contribution is 0.0917. The molecular formula is C25H31N3O. The second kappa shape index (κ2) is 7.75. The number of hydrogen-bond acceptors (Lipinski definition) is 3. The van der Waals surface area contributed by atoms with E-state index in [1.165, 1.54) is 54.3 Å². The molecule has 1 atom stereocenters. The molecule has 3 fully saturated rings. The molecule has 0 spiro atoms. The summed E-state index contributed by atoms with van der Waals surface area (Å²) in [5.74, 6) is 2.48. The van der Waals surface area contributed by atoms with Crippen LogP contribution in [0, 0.1) is 11.8 Å². The van der Waals surface area contributed by atoms with Crippen molar-refractivity contribution in [3.63, 3.8) is 0 Å². The molecule has 4 heterocycles. The summed E-state index contributed by atoms with van der Waals surface area (Å²) in [6.45, 7) is 4.24. The van der Waals surface area contributed by atoms with E-state index in [0.29, 0.717) is 12.5 Å². The van der Waals surface area contributed by atoms with Crippen molar-refractivity contribution >= 4 is 21.8 Å². The predicted octanol–water partition coefficient (Wildman–Crippen LogP) is 4.88. The maximum absolute atomic E-state index is 6.16. The van der Waals surface area contributed by atoms with Gasteiger partial charge < -0.3 is 19.5 Å². The van der Waals surface area contributed by atoms with Gasteiger partial charge in [-0.25, -0.2) is 0 Å². The molecule has 1 N–H and O–H groups in total. The zero-order valence-electron chi connectivity index (χ0n) is 17.5. The summed E-state index contributed by atoms with van der Waals surface area (Å²) in [5, 5.41) is 2.52. The van der Waals surface area contributed by atoms with Crippen LogP contribution in [0.15, 0.2) is 54.2 Å². The molecular weight excluding hydrogens is 358 g/mol. The fraction of sp³-hybridized carbons (Fsp3) is 0.440. The highest BCUT2D eigenvalue weighted by molar-refractivity contribution is 6.07. The molecule has 1 aromatic heterocycles. The Hall–Kier alpha value is -2.46. The van der Waals surface area contributed by atoms with Crippen molar-refractivity contribution in [2.24, 2.45) is 11.8 Å². The van der Waals surface area contributed by atoms with Gasteiger partial charge in [0.2, 0.25) is 0 Å². The van der Waals surface area contributed by atoms with E-state index in [9.17, 15) is 0 Å². The number of nitrogens with zero attached hydrogens (tertiary/aromatic N) is 2. The van der Waals surface area contributed by atoms with Gasteiger partial charge >= 0.3 is 0 Å². The van der Waals surface area contributed by atoms with Crippen LogP contribution in [0.4, 0.5) is 0 Å². The molecule has 3 saturated heterocycles. The molecule has 2 aromatic carbocycles. The maximum atomic E-state index is 6.16. The van der Waals surface area contributed by atoms with E-state index >= 15 is 0 Å². The third-order valence-corrected chi connectivity index (χ3v) is 6.76. The molecule has 2 bridgehead atoms. The first-order valence-electron chi connectivity index (χ1n) is 10.9. The predicted molar refractivity (Wildman–Crippen MR) is 120 cm³/mol. The topological polar surface area (TPSA) is 31.5 Å². The number of aromatic nitrogens is 1. The Morgan fingerprint density at radius 1 is 1.07 bits per heavy atom. The third-order valence-electron chi connectivity index (χ3n) is 6.76. The van der Waals surface area contributed by atoms with Crippen LogP contribution in [-0.4, -0.2) is 55.1 Å². The maximum Gasteiger partial charge on any atom is 0.121 e. The quantitative estimate of drug-likeness (QED) is 0.652. The Kier molecular flexibility index (Phi) is 4.96. The second-order valence-corrected chi connectivity index (χ2v) is 8.84. The average molecular weight is 390 g/mol. The van der Waals surface area contributed by atoms with Crippen LogP contribution in [0.2, 0.25) is 0 Å². The van der Waals surface area contributed by atoms with E-state index in [1.807, 2.05) is 0 Å². The highest BCUT2D eigenvalue weighted by atomic mass is 16.5. The van der Waals surface area contributed by atoms with Crippen molar-refractivity contribution < 1.29 is 4.74 Å². The van der Waals surface area contributed by atoms with Crippen molar-refractivity contribution in [3.05, 3.63) is 54.2 Å². The third kappa shape index (κ3) is 3.62. The van der Waals surface area contributed by atoms with Crippen molar-refractivity contribution in [2.45, 2.75) is 19.3 Å². The number of benzene rings is 2. The van der Waals surface area contributed by atoms with E-state index in [0.717, 1.165) is 23.7 Å². The van der Waals surface area contributed by atoms with Crippen LogP contribution < -0.4 is 4.74 Å². The second-order valence-electron chi connectivity index (χ2n) is 8.84. The molecule has 0 radical (unpaired) electrons. The van der Waals surface area contributed by atoms with E-state index in [4.69, 9.17) is 4.74 Å². The minimum absolute atomic E-state index is 0.642. The van der Waals surface area contributed by atoms with Gasteiger partial charge in [-0.05, 0) is 70.1 Å². The SMILES string of the molecule is CN(C)CCC1C(=CCOc2ccc3c(c2)[nH]c2ccccc23)N2CCC1CC2. The van der Waals surface area contributed by atoms with E-state index in [-0.39, 0.29) is 0 Å². The number of hydrogen-bond donors (Lipinski definition) is 1. The van der Waals surface area contributed by atoms with E-state index in [2.05, 4.69) is 77.4 Å². The zero-order chi connectivity index (χ0) is 19.8. The number of allylic oxidation sites excluding steroid dienone is 1. The van der Waals surface area contributed by atoms with Crippen molar-refractivity contribution in [1.82, 2.24) is 14.8 Å². The van der Waals surface area contributed by atoms with Gasteiger partial charge in [-0.2, -0.15) is 0 Å². The first-order valence-corrected chi connectivity index (χ1v) is 10.9. The fourth-order valence-corrected chi connectivity index (χ4v) is 5.24. The number of aromatic amines is 1. The molecule has 29 heavy (non-hydrogen) atoms. The smallest absolute Gasteiger partial charge is 0.121 e. The molecule has 4 nitrogen and oxygen atoms in total. The number of piperidine rings is 3. The van der Waals surface area contributed by atoms with Gasteiger partial charge in [0.1, 0.15) is 12.4 Å². The number of rotatable bonds is 6. The molecule has 0 amide bonds. The minimum atomic E-state index is 0.642. The Labute approximate surface area is 173 Å². The van der Waals surface area contributed by atoms with Crippen molar-refractivity contribution in [3.8, 4) is 5.75 Å². The number of para-hydroxylation sites is 1. The van der Waals surface area contributed by atoms with Gasteiger partial charge in [-0.15, -0.1) is 0 Å². The number of H-pyrrole nitrogens is 1. The minimum Gasteiger partial charge on any atom is -0.489 e. The summed E-state index contributed by atoms with van der Waals surface area (Å²) in [7, 11) is 4.35. The van der Waals surface area contributed by atoms with Crippen LogP contribution in [0.1, 0.15) is 19.3 Å². The van der Waals surface area contributed by atoms with E-state index < -0.39 is 0 Å². The van der Waals surface area contributed by atoms with Gasteiger partial charge in [-0.1, -0.05) is 18.2 Å². The summed E-state index contributed by atoms with van der Waals surface area (Å²) >= 11 is 0. The van der Waals surface area contributed by atoms with Gasteiger partial charge in [0.05, 0.1) is 5.52 Å². The van der Waals surface area contributed by atoms with Crippen molar-refractivity contribution in [1.29, 1.82) is 0 Å². The molecule has 0 saturated carbocycles. The first-order chi connectivity index (χ1) is 14.2. The zero-order valence-corrected chi connectivity index (χ0v) is 17.5. The van der Waals surface area contributed by atoms with Crippen LogP contribution in [-0.2, 0) is 0 Å². The summed E-state index contributed by atoms with van der Waals surface area (Å²) in [5.41, 5.74) is 3.85. The van der Waals surface area contributed by atoms with Crippen LogP contribution in [0.5, 0.6) is 5.75 Å². The largest absolute Gasteiger partial charge is 0.489 e. The van der Waals surface area contributed by atoms with E-state index in [1.54, 1.807) is 0 Å². The Bertz CT molecular complexity index is 1030. The first kappa shape index (κ1) is 18.6. The van der Waals surface area contributed by atoms with Crippen molar-refractivity contribution in [2.75, 3.05) is 40.3 Å². The van der Waals surface area contributed by atoms with Gasteiger partial charge in [0, 0.05) is 47.1 Å². The Morgan fingerprint density at radius 3 is 2.69 bits per heavy atom. The monoisotopic (exact) mass is 389 g/mol. The standard InChI is InChI=1S/C25H31N3O/c1-27(2)13-11-20-18-9-14-28(15-10-18)25(20)12-16-29-19-7-8-22-21-5-3-4-6-23(21)26-24(22)17-19/h3-8,12,17-18,20,26H,9-11,13-16H2,1-2H3. The number of nitrogens with one attached hydrogen (secondary N) is 1. The lowest BCUT2D eigenvalue weighted by atomic mass is 9.75. The van der Waals surface area contributed by atoms with Gasteiger partial charge in [-0.3, -0.25) is 0 Å². The number of fused-ring (bicyclic) bond motifs is 6. The molecule has 152 valence electrons. The Balaban J connectivity index is 1.32. The summed E-state index contributed by atoms with van der Waals surface area (Å²) in [6.07, 6.45) is 6.31. The lowest BCUT2D eigenvalue weighted by Gasteiger charge is -2.48. The highest BCUT2D eigenvalue weighted by Crippen LogP contribution is 2.41. The van der Waals surface area contributed by atoms with Gasteiger partial charge in [0.25, 0.3) is 0 Å². The summed E-state index contributed by atoms with van der Waals surface area (Å²) < 4.78 is 6.16. The number of ether oxygens (including phenoxy) is 1.